The molecule has 11 rings (SSSR count). The minimum absolute atomic E-state index is 0.915. The third-order valence-corrected chi connectivity index (χ3v) is 11.1. The van der Waals surface area contributed by atoms with E-state index in [4.69, 9.17) is 4.42 Å². The Morgan fingerprint density at radius 1 is 0.245 bits per heavy atom. The van der Waals surface area contributed by atoms with Crippen molar-refractivity contribution in [3.05, 3.63) is 194 Å². The predicted molar refractivity (Wildman–Crippen MR) is 225 cm³/mol. The highest BCUT2D eigenvalue weighted by Gasteiger charge is 2.19. The molecule has 0 unspecified atom stereocenters. The summed E-state index contributed by atoms with van der Waals surface area (Å²) in [4.78, 5) is 0. The molecule has 1 heterocycles. The van der Waals surface area contributed by atoms with Crippen LogP contribution < -0.4 is 0 Å². The van der Waals surface area contributed by atoms with Gasteiger partial charge in [-0.3, -0.25) is 0 Å². The molecule has 1 heteroatoms. The molecular formula is C52H32O. The van der Waals surface area contributed by atoms with Gasteiger partial charge in [-0.05, 0) is 112 Å². The van der Waals surface area contributed by atoms with Gasteiger partial charge in [-0.1, -0.05) is 170 Å². The van der Waals surface area contributed by atoms with Crippen molar-refractivity contribution in [2.24, 2.45) is 0 Å². The Hall–Kier alpha value is -6.96. The van der Waals surface area contributed by atoms with Crippen LogP contribution in [0.4, 0.5) is 0 Å². The molecular weight excluding hydrogens is 641 g/mol. The van der Waals surface area contributed by atoms with Gasteiger partial charge in [-0.2, -0.15) is 0 Å². The Labute approximate surface area is 307 Å². The van der Waals surface area contributed by atoms with Crippen molar-refractivity contribution in [1.82, 2.24) is 0 Å². The first-order valence-electron chi connectivity index (χ1n) is 18.3. The van der Waals surface area contributed by atoms with Gasteiger partial charge in [-0.15, -0.1) is 0 Å². The van der Waals surface area contributed by atoms with E-state index in [-0.39, 0.29) is 0 Å². The van der Waals surface area contributed by atoms with E-state index in [0.29, 0.717) is 0 Å². The third-order valence-electron chi connectivity index (χ3n) is 11.1. The van der Waals surface area contributed by atoms with Crippen molar-refractivity contribution < 1.29 is 4.42 Å². The molecule has 0 saturated heterocycles. The van der Waals surface area contributed by atoms with Crippen LogP contribution in [-0.2, 0) is 0 Å². The van der Waals surface area contributed by atoms with Gasteiger partial charge in [0.25, 0.3) is 0 Å². The summed E-state index contributed by atoms with van der Waals surface area (Å²) in [7, 11) is 0. The lowest BCUT2D eigenvalue weighted by atomic mass is 9.83. The van der Waals surface area contributed by atoms with E-state index in [1.54, 1.807) is 0 Å². The van der Waals surface area contributed by atoms with Crippen molar-refractivity contribution in [3.8, 4) is 44.5 Å². The summed E-state index contributed by atoms with van der Waals surface area (Å²) in [6.07, 6.45) is 0. The highest BCUT2D eigenvalue weighted by Crippen LogP contribution is 2.47. The smallest absolute Gasteiger partial charge is 0.135 e. The number of rotatable bonds is 4. The molecule has 0 aliphatic carbocycles. The normalized spacial score (nSPS) is 11.8. The number of furan rings is 1. The SMILES string of the molecule is c1ccc2c(-c3ccc4c(-c5cccc6ccccc56)c5ccccc5c(-c5ccc(-c6ccc7oc8ccccc8c7c6)cc5)c4c3)cccc2c1. The first-order valence-corrected chi connectivity index (χ1v) is 18.3. The summed E-state index contributed by atoms with van der Waals surface area (Å²) in [6.45, 7) is 0. The lowest BCUT2D eigenvalue weighted by Crippen LogP contribution is -1.93. The van der Waals surface area contributed by atoms with Crippen LogP contribution in [0.3, 0.4) is 0 Å². The fourth-order valence-electron chi connectivity index (χ4n) is 8.60. The lowest BCUT2D eigenvalue weighted by Gasteiger charge is -2.20. The van der Waals surface area contributed by atoms with Gasteiger partial charge in [0.1, 0.15) is 11.2 Å². The molecule has 1 nitrogen and oxygen atoms in total. The molecule has 0 saturated carbocycles. The molecule has 246 valence electrons. The van der Waals surface area contributed by atoms with Crippen molar-refractivity contribution in [1.29, 1.82) is 0 Å². The first kappa shape index (κ1) is 29.7. The summed E-state index contributed by atoms with van der Waals surface area (Å²) in [5.41, 5.74) is 11.6. The Bertz CT molecular complexity index is 3210. The zero-order chi connectivity index (χ0) is 34.9. The van der Waals surface area contributed by atoms with Gasteiger partial charge in [0.15, 0.2) is 0 Å². The molecule has 0 amide bonds. The topological polar surface area (TPSA) is 13.1 Å². The molecule has 0 aliphatic rings. The molecule has 1 aromatic heterocycles. The summed E-state index contributed by atoms with van der Waals surface area (Å²) in [5.74, 6) is 0. The fraction of sp³-hybridized carbons (Fsp3) is 0. The molecule has 0 fully saturated rings. The maximum absolute atomic E-state index is 6.13. The average molecular weight is 673 g/mol. The second kappa shape index (κ2) is 11.8. The number of benzene rings is 10. The number of para-hydroxylation sites is 1. The van der Waals surface area contributed by atoms with E-state index in [0.717, 1.165) is 21.9 Å². The first-order chi connectivity index (χ1) is 26.3. The molecule has 0 N–H and O–H groups in total. The zero-order valence-corrected chi connectivity index (χ0v) is 28.9. The molecule has 53 heavy (non-hydrogen) atoms. The van der Waals surface area contributed by atoms with E-state index < -0.39 is 0 Å². The van der Waals surface area contributed by atoms with Crippen LogP contribution in [-0.4, -0.2) is 0 Å². The van der Waals surface area contributed by atoms with E-state index in [2.05, 4.69) is 182 Å². The minimum atomic E-state index is 0.915. The van der Waals surface area contributed by atoms with Crippen molar-refractivity contribution in [2.75, 3.05) is 0 Å². The van der Waals surface area contributed by atoms with Gasteiger partial charge in [0.2, 0.25) is 0 Å². The lowest BCUT2D eigenvalue weighted by molar-refractivity contribution is 0.669. The fourth-order valence-corrected chi connectivity index (χ4v) is 8.60. The van der Waals surface area contributed by atoms with Crippen LogP contribution in [0.1, 0.15) is 0 Å². The molecule has 0 bridgehead atoms. The maximum Gasteiger partial charge on any atom is 0.135 e. The van der Waals surface area contributed by atoms with Crippen LogP contribution in [0.15, 0.2) is 199 Å². The average Bonchev–Trinajstić information content (AvgIpc) is 3.60. The Kier molecular flexibility index (Phi) is 6.62. The van der Waals surface area contributed by atoms with Gasteiger partial charge in [0, 0.05) is 10.8 Å². The Balaban J connectivity index is 1.17. The van der Waals surface area contributed by atoms with E-state index in [9.17, 15) is 0 Å². The van der Waals surface area contributed by atoms with Crippen molar-refractivity contribution in [3.63, 3.8) is 0 Å². The van der Waals surface area contributed by atoms with E-state index in [1.807, 2.05) is 12.1 Å². The van der Waals surface area contributed by atoms with Crippen molar-refractivity contribution in [2.45, 2.75) is 0 Å². The van der Waals surface area contributed by atoms with Crippen LogP contribution in [0.5, 0.6) is 0 Å². The molecule has 0 spiro atoms. The van der Waals surface area contributed by atoms with Gasteiger partial charge in [0.05, 0.1) is 0 Å². The second-order valence-corrected chi connectivity index (χ2v) is 14.0. The quantitative estimate of drug-likeness (QED) is 0.170. The third kappa shape index (κ3) is 4.71. The summed E-state index contributed by atoms with van der Waals surface area (Å²) in [6, 6.07) is 70.8. The van der Waals surface area contributed by atoms with Crippen LogP contribution in [0, 0.1) is 0 Å². The molecule has 0 aliphatic heterocycles. The highest BCUT2D eigenvalue weighted by molar-refractivity contribution is 6.24. The summed E-state index contributed by atoms with van der Waals surface area (Å²) >= 11 is 0. The Morgan fingerprint density at radius 3 is 1.49 bits per heavy atom. The standard InChI is InChI=1S/C52H32O/c1-3-15-39-34(11-1)13-9-20-41(39)38-27-29-46-48(32-38)51(44-18-5-6-19-45(44)52(46)43-21-10-14-35-12-2-4-16-40(35)43)36-25-23-33(24-26-36)37-28-30-50-47(31-37)42-17-7-8-22-49(42)53-50/h1-32H. The molecule has 11 aromatic rings. The van der Waals surface area contributed by atoms with Gasteiger partial charge in [-0.25, -0.2) is 0 Å². The largest absolute Gasteiger partial charge is 0.456 e. The number of fused-ring (bicyclic) bond motifs is 7. The van der Waals surface area contributed by atoms with E-state index >= 15 is 0 Å². The van der Waals surface area contributed by atoms with Crippen LogP contribution >= 0.6 is 0 Å². The predicted octanol–water partition coefficient (Wildman–Crippen LogP) is 14.9. The van der Waals surface area contributed by atoms with E-state index in [1.165, 1.54) is 87.6 Å². The molecule has 0 radical (unpaired) electrons. The summed E-state index contributed by atoms with van der Waals surface area (Å²) in [5, 5.41) is 12.3. The number of hydrogen-bond donors (Lipinski definition) is 0. The van der Waals surface area contributed by atoms with Crippen LogP contribution in [0.25, 0.3) is 110 Å². The maximum atomic E-state index is 6.13. The number of hydrogen-bond acceptors (Lipinski definition) is 1. The second-order valence-electron chi connectivity index (χ2n) is 14.0. The Morgan fingerprint density at radius 2 is 0.736 bits per heavy atom. The van der Waals surface area contributed by atoms with Gasteiger partial charge >= 0.3 is 0 Å². The molecule has 10 aromatic carbocycles. The highest BCUT2D eigenvalue weighted by atomic mass is 16.3. The monoisotopic (exact) mass is 672 g/mol. The minimum Gasteiger partial charge on any atom is -0.456 e. The van der Waals surface area contributed by atoms with Gasteiger partial charge < -0.3 is 4.42 Å². The zero-order valence-electron chi connectivity index (χ0n) is 28.9. The molecule has 0 atom stereocenters. The van der Waals surface area contributed by atoms with Crippen LogP contribution in [0.2, 0.25) is 0 Å². The van der Waals surface area contributed by atoms with Crippen molar-refractivity contribution >= 4 is 65.0 Å². The summed E-state index contributed by atoms with van der Waals surface area (Å²) < 4.78 is 6.13.